The second kappa shape index (κ2) is 11.9. The molecule has 0 amide bonds. The average molecular weight is 384 g/mol. The molecular formula is C17H18F2N2O4S. The quantitative estimate of drug-likeness (QED) is 0.553. The number of nitrogens with zero attached hydrogens (tertiary/aromatic N) is 2. The lowest BCUT2D eigenvalue weighted by atomic mass is 10.3. The predicted molar refractivity (Wildman–Crippen MR) is 92.2 cm³/mol. The summed E-state index contributed by atoms with van der Waals surface area (Å²) in [5.41, 5.74) is 0.617. The van der Waals surface area contributed by atoms with Gasteiger partial charge in [-0.15, -0.1) is 0 Å². The van der Waals surface area contributed by atoms with Gasteiger partial charge in [-0.1, -0.05) is 11.8 Å². The van der Waals surface area contributed by atoms with Gasteiger partial charge in [0.25, 0.3) is 5.76 Å². The van der Waals surface area contributed by atoms with Gasteiger partial charge in [-0.2, -0.15) is 8.78 Å². The molecule has 6 nitrogen and oxygen atoms in total. The first-order chi connectivity index (χ1) is 12.5. The maximum Gasteiger partial charge on any atom is 0.339 e. The highest BCUT2D eigenvalue weighted by Gasteiger charge is 2.16. The van der Waals surface area contributed by atoms with Crippen LogP contribution >= 0.6 is 11.8 Å². The molecular weight excluding hydrogens is 366 g/mol. The Hall–Kier alpha value is -2.55. The van der Waals surface area contributed by atoms with Crippen LogP contribution in [0.1, 0.15) is 34.6 Å². The molecule has 0 aliphatic carbocycles. The highest BCUT2D eigenvalue weighted by Crippen LogP contribution is 2.27. The van der Waals surface area contributed by atoms with Crippen molar-refractivity contribution >= 4 is 23.7 Å². The van der Waals surface area contributed by atoms with E-state index in [2.05, 4.69) is 9.97 Å². The number of alkyl halides is 2. The Morgan fingerprint density at radius 2 is 1.69 bits per heavy atom. The van der Waals surface area contributed by atoms with Crippen molar-refractivity contribution in [1.29, 1.82) is 0 Å². The number of hydrogen-bond acceptors (Lipinski definition) is 7. The van der Waals surface area contributed by atoms with Gasteiger partial charge in [-0.25, -0.2) is 9.59 Å². The van der Waals surface area contributed by atoms with Crippen molar-refractivity contribution in [2.75, 3.05) is 13.2 Å². The summed E-state index contributed by atoms with van der Waals surface area (Å²) in [6, 6.07) is 4.74. The topological polar surface area (TPSA) is 78.4 Å². The van der Waals surface area contributed by atoms with Crippen LogP contribution in [0.25, 0.3) is 0 Å². The second-order valence-electron chi connectivity index (χ2n) is 4.43. The highest BCUT2D eigenvalue weighted by molar-refractivity contribution is 7.99. The fourth-order valence-corrected chi connectivity index (χ4v) is 2.24. The van der Waals surface area contributed by atoms with Crippen molar-refractivity contribution in [3.63, 3.8) is 0 Å². The normalized spacial score (nSPS) is 9.88. The van der Waals surface area contributed by atoms with Crippen LogP contribution in [-0.2, 0) is 9.47 Å². The molecule has 140 valence electrons. The number of thioether (sulfide) groups is 1. The molecule has 0 saturated heterocycles. The molecule has 0 saturated carbocycles. The van der Waals surface area contributed by atoms with E-state index >= 15 is 0 Å². The molecule has 2 aromatic heterocycles. The van der Waals surface area contributed by atoms with Gasteiger partial charge < -0.3 is 9.47 Å². The van der Waals surface area contributed by atoms with Crippen LogP contribution in [0, 0.1) is 0 Å². The van der Waals surface area contributed by atoms with E-state index in [1.54, 1.807) is 32.2 Å². The minimum absolute atomic E-state index is 0.122. The molecule has 0 fully saturated rings. The Bertz CT molecular complexity index is 702. The molecule has 2 aromatic rings. The number of ether oxygens (including phenoxy) is 2. The van der Waals surface area contributed by atoms with E-state index in [1.807, 2.05) is 0 Å². The van der Waals surface area contributed by atoms with Crippen LogP contribution in [0.3, 0.4) is 0 Å². The number of hydrogen-bond donors (Lipinski definition) is 0. The summed E-state index contributed by atoms with van der Waals surface area (Å²) in [4.78, 5) is 29.9. The van der Waals surface area contributed by atoms with Gasteiger partial charge in [0.15, 0.2) is 0 Å². The lowest BCUT2D eigenvalue weighted by Crippen LogP contribution is -2.06. The van der Waals surface area contributed by atoms with Gasteiger partial charge >= 0.3 is 11.9 Å². The van der Waals surface area contributed by atoms with E-state index in [0.29, 0.717) is 12.2 Å². The molecule has 2 rings (SSSR count). The third-order valence-corrected chi connectivity index (χ3v) is 3.43. The largest absolute Gasteiger partial charge is 0.462 e. The fraction of sp³-hybridized carbons (Fsp3) is 0.294. The monoisotopic (exact) mass is 384 g/mol. The molecule has 0 atom stereocenters. The van der Waals surface area contributed by atoms with E-state index in [0.717, 1.165) is 0 Å². The highest BCUT2D eigenvalue weighted by atomic mass is 32.2. The summed E-state index contributed by atoms with van der Waals surface area (Å²) in [6.45, 7) is 4.03. The molecule has 0 bridgehead atoms. The summed E-state index contributed by atoms with van der Waals surface area (Å²) < 4.78 is 33.7. The van der Waals surface area contributed by atoms with Gasteiger partial charge in [0, 0.05) is 29.7 Å². The zero-order valence-electron chi connectivity index (χ0n) is 14.2. The third kappa shape index (κ3) is 7.56. The summed E-state index contributed by atoms with van der Waals surface area (Å²) in [7, 11) is 0. The van der Waals surface area contributed by atoms with Crippen molar-refractivity contribution in [1.82, 2.24) is 9.97 Å². The van der Waals surface area contributed by atoms with E-state index in [4.69, 9.17) is 9.47 Å². The summed E-state index contributed by atoms with van der Waals surface area (Å²) in [5, 5.41) is 0. The Morgan fingerprint density at radius 3 is 2.27 bits per heavy atom. The van der Waals surface area contributed by atoms with Gasteiger partial charge in [0.05, 0.1) is 24.3 Å². The molecule has 9 heteroatoms. The van der Waals surface area contributed by atoms with E-state index < -0.39 is 11.7 Å². The molecule has 0 radical (unpaired) electrons. The number of aromatic nitrogens is 2. The van der Waals surface area contributed by atoms with Gasteiger partial charge in [-0.05, 0) is 32.0 Å². The minimum Gasteiger partial charge on any atom is -0.462 e. The van der Waals surface area contributed by atoms with Crippen LogP contribution in [0.4, 0.5) is 8.78 Å². The maximum absolute atomic E-state index is 12.1. The van der Waals surface area contributed by atoms with Gasteiger partial charge in [0.1, 0.15) is 0 Å². The Labute approximate surface area is 153 Å². The lowest BCUT2D eigenvalue weighted by molar-refractivity contribution is 0.0514. The zero-order chi connectivity index (χ0) is 19.4. The van der Waals surface area contributed by atoms with E-state index in [9.17, 15) is 18.4 Å². The smallest absolute Gasteiger partial charge is 0.339 e. The van der Waals surface area contributed by atoms with Crippen molar-refractivity contribution in [2.24, 2.45) is 0 Å². The minimum atomic E-state index is -2.58. The number of pyridine rings is 2. The number of rotatable bonds is 6. The molecule has 0 aliphatic rings. The Morgan fingerprint density at radius 1 is 1.04 bits per heavy atom. The molecule has 0 N–H and O–H groups in total. The summed E-state index contributed by atoms with van der Waals surface area (Å²) in [6.07, 6.45) is 5.69. The van der Waals surface area contributed by atoms with E-state index in [1.165, 1.54) is 24.7 Å². The van der Waals surface area contributed by atoms with E-state index in [-0.39, 0.29) is 34.8 Å². The van der Waals surface area contributed by atoms with Crippen LogP contribution in [-0.4, -0.2) is 40.9 Å². The average Bonchev–Trinajstić information content (AvgIpc) is 2.63. The van der Waals surface area contributed by atoms with Crippen molar-refractivity contribution in [2.45, 2.75) is 24.5 Å². The van der Waals surface area contributed by atoms with Crippen LogP contribution in [0.2, 0.25) is 0 Å². The molecule has 0 aliphatic heterocycles. The second-order valence-corrected chi connectivity index (χ2v) is 5.46. The zero-order valence-corrected chi connectivity index (χ0v) is 15.0. The molecule has 0 spiro atoms. The van der Waals surface area contributed by atoms with Crippen molar-refractivity contribution < 1.29 is 27.8 Å². The van der Waals surface area contributed by atoms with Gasteiger partial charge in [-0.3, -0.25) is 9.97 Å². The van der Waals surface area contributed by atoms with Crippen molar-refractivity contribution in [3.8, 4) is 0 Å². The SMILES string of the molecule is CCOC(=O)c1cccnc1.CCOC(=O)c1ccncc1SC(F)F. The first kappa shape index (κ1) is 21.5. The summed E-state index contributed by atoms with van der Waals surface area (Å²) >= 11 is 0.283. The lowest BCUT2D eigenvalue weighted by Gasteiger charge is -2.06. The molecule has 0 unspecified atom stereocenters. The van der Waals surface area contributed by atoms with Crippen LogP contribution < -0.4 is 0 Å². The molecule has 2 heterocycles. The first-order valence-corrected chi connectivity index (χ1v) is 8.50. The Kier molecular flexibility index (Phi) is 9.85. The standard InChI is InChI=1S/C9H9F2NO2S.C8H9NO2/c1-2-14-8(13)6-3-4-12-5-7(6)15-9(10)11;1-2-11-8(10)7-4-3-5-9-6-7/h3-5,9H,2H2,1H3;3-6H,2H2,1H3. The Balaban J connectivity index is 0.000000273. The third-order valence-electron chi connectivity index (χ3n) is 2.67. The first-order valence-electron chi connectivity index (χ1n) is 7.62. The molecule has 0 aromatic carbocycles. The number of esters is 2. The van der Waals surface area contributed by atoms with Gasteiger partial charge in [0.2, 0.25) is 0 Å². The maximum atomic E-state index is 12.1. The van der Waals surface area contributed by atoms with Crippen LogP contribution in [0.15, 0.2) is 47.9 Å². The fourth-order valence-electron chi connectivity index (χ4n) is 1.65. The molecule has 26 heavy (non-hydrogen) atoms. The predicted octanol–water partition coefficient (Wildman–Crippen LogP) is 3.83. The number of halogens is 2. The van der Waals surface area contributed by atoms with Crippen LogP contribution in [0.5, 0.6) is 0 Å². The number of carbonyl (C=O) groups is 2. The number of carbonyl (C=O) groups excluding carboxylic acids is 2. The summed E-state index contributed by atoms with van der Waals surface area (Å²) in [5.74, 6) is -3.51. The van der Waals surface area contributed by atoms with Crippen molar-refractivity contribution in [3.05, 3.63) is 54.1 Å².